The Bertz CT molecular complexity index is 455. The van der Waals surface area contributed by atoms with Crippen LogP contribution in [0.4, 0.5) is 4.79 Å². The third-order valence-electron chi connectivity index (χ3n) is 4.64. The highest BCUT2D eigenvalue weighted by Gasteiger charge is 2.29. The van der Waals surface area contributed by atoms with Gasteiger partial charge in [-0.15, -0.1) is 0 Å². The van der Waals surface area contributed by atoms with Crippen LogP contribution in [-0.4, -0.2) is 24.3 Å². The minimum absolute atomic E-state index is 0.0512. The Kier molecular flexibility index (Phi) is 6.25. The summed E-state index contributed by atoms with van der Waals surface area (Å²) in [6.45, 7) is 3.13. The van der Waals surface area contributed by atoms with E-state index in [1.165, 1.54) is 25.7 Å². The van der Waals surface area contributed by atoms with E-state index in [0.29, 0.717) is 6.42 Å². The van der Waals surface area contributed by atoms with E-state index >= 15 is 0 Å². The van der Waals surface area contributed by atoms with E-state index in [9.17, 15) is 4.79 Å². The molecule has 0 saturated heterocycles. The number of carbonyl (C=O) groups is 1. The van der Waals surface area contributed by atoms with E-state index in [1.807, 2.05) is 30.3 Å². The molecule has 2 amide bonds. The normalized spacial score (nSPS) is 17.9. The maximum absolute atomic E-state index is 12.2. The van der Waals surface area contributed by atoms with Gasteiger partial charge < -0.3 is 15.7 Å². The number of benzene rings is 1. The summed E-state index contributed by atoms with van der Waals surface area (Å²) in [6, 6.07) is 9.78. The zero-order chi connectivity index (χ0) is 15.8. The molecule has 3 N–H and O–H groups in total. The van der Waals surface area contributed by atoms with Gasteiger partial charge in [-0.1, -0.05) is 50.1 Å². The van der Waals surface area contributed by atoms with Crippen molar-refractivity contribution < 1.29 is 9.90 Å². The minimum atomic E-state index is -0.111. The molecule has 1 aromatic carbocycles. The molecule has 0 spiro atoms. The molecule has 1 unspecified atom stereocenters. The lowest BCUT2D eigenvalue weighted by Crippen LogP contribution is -2.42. The van der Waals surface area contributed by atoms with Gasteiger partial charge in [0.1, 0.15) is 0 Å². The van der Waals surface area contributed by atoms with E-state index in [1.54, 1.807) is 0 Å². The van der Waals surface area contributed by atoms with Gasteiger partial charge in [0.15, 0.2) is 0 Å². The molecule has 0 bridgehead atoms. The summed E-state index contributed by atoms with van der Waals surface area (Å²) < 4.78 is 0. The van der Waals surface area contributed by atoms with E-state index < -0.39 is 0 Å². The van der Waals surface area contributed by atoms with Crippen molar-refractivity contribution >= 4 is 6.03 Å². The highest BCUT2D eigenvalue weighted by molar-refractivity contribution is 5.74. The van der Waals surface area contributed by atoms with Crippen LogP contribution in [0.2, 0.25) is 0 Å². The van der Waals surface area contributed by atoms with Crippen molar-refractivity contribution in [1.29, 1.82) is 0 Å². The third-order valence-corrected chi connectivity index (χ3v) is 4.64. The second kappa shape index (κ2) is 8.18. The van der Waals surface area contributed by atoms with Crippen LogP contribution in [0, 0.1) is 5.41 Å². The second-order valence-corrected chi connectivity index (χ2v) is 6.67. The van der Waals surface area contributed by atoms with E-state index in [2.05, 4.69) is 17.6 Å². The minimum Gasteiger partial charge on any atom is -0.396 e. The SMILES string of the molecule is CC1(CNC(=O)NC(CCCO)c2ccccc2)CCCC1. The van der Waals surface area contributed by atoms with Gasteiger partial charge >= 0.3 is 6.03 Å². The Balaban J connectivity index is 1.87. The maximum Gasteiger partial charge on any atom is 0.315 e. The van der Waals surface area contributed by atoms with Crippen LogP contribution in [0.15, 0.2) is 30.3 Å². The molecule has 22 heavy (non-hydrogen) atoms. The summed E-state index contributed by atoms with van der Waals surface area (Å²) >= 11 is 0. The molecular weight excluding hydrogens is 276 g/mol. The fourth-order valence-electron chi connectivity index (χ4n) is 3.21. The van der Waals surface area contributed by atoms with Crippen LogP contribution < -0.4 is 10.6 Å². The Morgan fingerprint density at radius 1 is 1.27 bits per heavy atom. The Morgan fingerprint density at radius 3 is 2.59 bits per heavy atom. The predicted octanol–water partition coefficient (Wildman–Crippen LogP) is 3.38. The van der Waals surface area contributed by atoms with Crippen molar-refractivity contribution in [2.75, 3.05) is 13.2 Å². The first-order chi connectivity index (χ1) is 10.6. The average molecular weight is 304 g/mol. The smallest absolute Gasteiger partial charge is 0.315 e. The Hall–Kier alpha value is -1.55. The van der Waals surface area contributed by atoms with Crippen LogP contribution in [0.25, 0.3) is 0 Å². The Labute approximate surface area is 133 Å². The molecule has 2 rings (SSSR count). The molecular formula is C18H28N2O2. The zero-order valence-electron chi connectivity index (χ0n) is 13.5. The van der Waals surface area contributed by atoms with Crippen molar-refractivity contribution in [3.63, 3.8) is 0 Å². The summed E-state index contributed by atoms with van der Waals surface area (Å²) in [5.41, 5.74) is 1.34. The van der Waals surface area contributed by atoms with Crippen molar-refractivity contribution in [3.05, 3.63) is 35.9 Å². The molecule has 1 aliphatic carbocycles. The summed E-state index contributed by atoms with van der Waals surface area (Å²) in [5.74, 6) is 0. The second-order valence-electron chi connectivity index (χ2n) is 6.67. The summed E-state index contributed by atoms with van der Waals surface area (Å²) in [7, 11) is 0. The van der Waals surface area contributed by atoms with Gasteiger partial charge in [-0.2, -0.15) is 0 Å². The first-order valence-corrected chi connectivity index (χ1v) is 8.33. The van der Waals surface area contributed by atoms with E-state index in [4.69, 9.17) is 5.11 Å². The lowest BCUT2D eigenvalue weighted by Gasteiger charge is -2.25. The maximum atomic E-state index is 12.2. The number of hydrogen-bond donors (Lipinski definition) is 3. The molecule has 1 saturated carbocycles. The van der Waals surface area contributed by atoms with E-state index in [-0.39, 0.29) is 24.1 Å². The van der Waals surface area contributed by atoms with Crippen molar-refractivity contribution in [1.82, 2.24) is 10.6 Å². The lowest BCUT2D eigenvalue weighted by atomic mass is 9.89. The Morgan fingerprint density at radius 2 is 1.95 bits per heavy atom. The first-order valence-electron chi connectivity index (χ1n) is 8.33. The molecule has 0 aromatic heterocycles. The van der Waals surface area contributed by atoms with Gasteiger partial charge in [0.25, 0.3) is 0 Å². The fraction of sp³-hybridized carbons (Fsp3) is 0.611. The van der Waals surface area contributed by atoms with Gasteiger partial charge in [0.05, 0.1) is 6.04 Å². The lowest BCUT2D eigenvalue weighted by molar-refractivity contribution is 0.225. The number of carbonyl (C=O) groups excluding carboxylic acids is 1. The number of hydrogen-bond acceptors (Lipinski definition) is 2. The number of nitrogens with one attached hydrogen (secondary N) is 2. The van der Waals surface area contributed by atoms with Crippen LogP contribution in [0.1, 0.15) is 57.1 Å². The predicted molar refractivity (Wildman–Crippen MR) is 88.6 cm³/mol. The molecule has 4 heteroatoms. The molecule has 0 aliphatic heterocycles. The van der Waals surface area contributed by atoms with Crippen LogP contribution in [0.3, 0.4) is 0 Å². The molecule has 1 aliphatic rings. The van der Waals surface area contributed by atoms with E-state index in [0.717, 1.165) is 18.5 Å². The van der Waals surface area contributed by atoms with Gasteiger partial charge in [0.2, 0.25) is 0 Å². The number of rotatable bonds is 7. The van der Waals surface area contributed by atoms with Crippen molar-refractivity contribution in [2.24, 2.45) is 5.41 Å². The first kappa shape index (κ1) is 16.8. The summed E-state index contributed by atoms with van der Waals surface area (Å²) in [5, 5.41) is 15.1. The number of amides is 2. The highest BCUT2D eigenvalue weighted by atomic mass is 16.3. The summed E-state index contributed by atoms with van der Waals surface area (Å²) in [4.78, 5) is 12.2. The van der Waals surface area contributed by atoms with Crippen molar-refractivity contribution in [2.45, 2.75) is 51.5 Å². The average Bonchev–Trinajstić information content (AvgIpc) is 2.97. The number of urea groups is 1. The molecule has 4 nitrogen and oxygen atoms in total. The highest BCUT2D eigenvalue weighted by Crippen LogP contribution is 2.36. The zero-order valence-corrected chi connectivity index (χ0v) is 13.5. The molecule has 1 aromatic rings. The third kappa shape index (κ3) is 5.02. The van der Waals surface area contributed by atoms with Crippen LogP contribution >= 0.6 is 0 Å². The molecule has 0 radical (unpaired) electrons. The van der Waals surface area contributed by atoms with Gasteiger partial charge in [-0.3, -0.25) is 0 Å². The van der Waals surface area contributed by atoms with Crippen LogP contribution in [-0.2, 0) is 0 Å². The standard InChI is InChI=1S/C18H28N2O2/c1-18(11-5-6-12-18)14-19-17(22)20-16(10-7-13-21)15-8-3-2-4-9-15/h2-4,8-9,16,21H,5-7,10-14H2,1H3,(H2,19,20,22). The molecule has 0 heterocycles. The van der Waals surface area contributed by atoms with Crippen LogP contribution in [0.5, 0.6) is 0 Å². The van der Waals surface area contributed by atoms with Gasteiger partial charge in [-0.05, 0) is 36.7 Å². The number of aliphatic hydroxyl groups excluding tert-OH is 1. The monoisotopic (exact) mass is 304 g/mol. The number of aliphatic hydroxyl groups is 1. The molecule has 1 fully saturated rings. The summed E-state index contributed by atoms with van der Waals surface area (Å²) in [6.07, 6.45) is 6.34. The quantitative estimate of drug-likeness (QED) is 0.723. The molecule has 122 valence electrons. The fourth-order valence-corrected chi connectivity index (χ4v) is 3.21. The van der Waals surface area contributed by atoms with Gasteiger partial charge in [-0.25, -0.2) is 4.79 Å². The van der Waals surface area contributed by atoms with Crippen molar-refractivity contribution in [3.8, 4) is 0 Å². The van der Waals surface area contributed by atoms with Gasteiger partial charge in [0, 0.05) is 13.2 Å². The molecule has 1 atom stereocenters. The largest absolute Gasteiger partial charge is 0.396 e. The topological polar surface area (TPSA) is 61.4 Å².